The van der Waals surface area contributed by atoms with E-state index in [1.54, 1.807) is 11.0 Å². The van der Waals surface area contributed by atoms with Crippen LogP contribution in [0.2, 0.25) is 0 Å². The Morgan fingerprint density at radius 3 is 2.82 bits per heavy atom. The fourth-order valence-electron chi connectivity index (χ4n) is 2.14. The van der Waals surface area contributed by atoms with Gasteiger partial charge >= 0.3 is 5.97 Å². The van der Waals surface area contributed by atoms with Crippen molar-refractivity contribution in [2.75, 3.05) is 6.54 Å². The summed E-state index contributed by atoms with van der Waals surface area (Å²) in [5.74, 6) is -1.44. The third kappa shape index (κ3) is 2.33. The van der Waals surface area contributed by atoms with E-state index >= 15 is 0 Å². The highest BCUT2D eigenvalue weighted by atomic mass is 16.4. The summed E-state index contributed by atoms with van der Waals surface area (Å²) in [5, 5.41) is 9.00. The van der Waals surface area contributed by atoms with Crippen LogP contribution in [-0.4, -0.2) is 34.5 Å². The molecule has 1 N–H and O–H groups in total. The lowest BCUT2D eigenvalue weighted by Gasteiger charge is -2.36. The fourth-order valence-corrected chi connectivity index (χ4v) is 2.14. The summed E-state index contributed by atoms with van der Waals surface area (Å²) in [6.45, 7) is 2.22. The first kappa shape index (κ1) is 11.7. The average molecular weight is 237 g/mol. The van der Waals surface area contributed by atoms with Crippen LogP contribution in [0.4, 0.5) is 0 Å². The first-order valence-electron chi connectivity index (χ1n) is 5.65. The zero-order valence-electron chi connectivity index (χ0n) is 9.63. The second kappa shape index (κ2) is 4.61. The molecule has 1 amide bonds. The predicted molar refractivity (Wildman–Crippen MR) is 59.6 cm³/mol. The molecule has 1 aromatic rings. The normalized spacial score (nSPS) is 24.6. The summed E-state index contributed by atoms with van der Waals surface area (Å²) < 4.78 is 4.87. The molecule has 5 nitrogen and oxygen atoms in total. The maximum Gasteiger partial charge on any atom is 0.308 e. The average Bonchev–Trinajstić information content (AvgIpc) is 2.81. The van der Waals surface area contributed by atoms with Crippen molar-refractivity contribution in [3.63, 3.8) is 0 Å². The fraction of sp³-hybridized carbons (Fsp3) is 0.500. The van der Waals surface area contributed by atoms with E-state index in [-0.39, 0.29) is 18.5 Å². The molecule has 2 unspecified atom stereocenters. The molecule has 5 heteroatoms. The molecule has 2 atom stereocenters. The molecule has 1 fully saturated rings. The van der Waals surface area contributed by atoms with E-state index < -0.39 is 11.9 Å². The Labute approximate surface area is 99.0 Å². The number of rotatable bonds is 2. The molecule has 0 spiro atoms. The summed E-state index contributed by atoms with van der Waals surface area (Å²) in [6.07, 6.45) is 4.18. The minimum atomic E-state index is -0.832. The number of hydrogen-bond donors (Lipinski definition) is 1. The predicted octanol–water partition coefficient (Wildman–Crippen LogP) is 1.60. The lowest BCUT2D eigenvalue weighted by atomic mass is 9.93. The van der Waals surface area contributed by atoms with Crippen LogP contribution in [0.1, 0.15) is 30.1 Å². The molecule has 0 saturated carbocycles. The molecule has 2 rings (SSSR count). The van der Waals surface area contributed by atoms with Crippen LogP contribution in [0.25, 0.3) is 0 Å². The molecule has 2 heterocycles. The third-order valence-corrected chi connectivity index (χ3v) is 3.26. The van der Waals surface area contributed by atoms with Crippen LogP contribution in [0, 0.1) is 5.92 Å². The summed E-state index contributed by atoms with van der Waals surface area (Å²) >= 11 is 0. The Morgan fingerprint density at radius 2 is 2.24 bits per heavy atom. The molecule has 0 aliphatic carbocycles. The van der Waals surface area contributed by atoms with Crippen LogP contribution in [0.3, 0.4) is 0 Å². The Bertz CT molecular complexity index is 412. The molecule has 1 aliphatic rings. The van der Waals surface area contributed by atoms with Gasteiger partial charge in [-0.3, -0.25) is 9.59 Å². The first-order chi connectivity index (χ1) is 8.09. The summed E-state index contributed by atoms with van der Waals surface area (Å²) in [4.78, 5) is 24.7. The molecule has 0 radical (unpaired) electrons. The maximum atomic E-state index is 12.1. The van der Waals surface area contributed by atoms with Crippen LogP contribution >= 0.6 is 0 Å². The van der Waals surface area contributed by atoms with Gasteiger partial charge in [-0.05, 0) is 25.8 Å². The largest absolute Gasteiger partial charge is 0.481 e. The minimum absolute atomic E-state index is 0.0769. The van der Waals surface area contributed by atoms with Crippen molar-refractivity contribution in [2.24, 2.45) is 5.92 Å². The van der Waals surface area contributed by atoms with Gasteiger partial charge in [-0.1, -0.05) is 0 Å². The van der Waals surface area contributed by atoms with Crippen molar-refractivity contribution in [3.8, 4) is 0 Å². The van der Waals surface area contributed by atoms with Gasteiger partial charge in [0, 0.05) is 12.6 Å². The summed E-state index contributed by atoms with van der Waals surface area (Å²) in [7, 11) is 0. The van der Waals surface area contributed by atoms with E-state index in [0.29, 0.717) is 12.0 Å². The number of likely N-dealkylation sites (tertiary alicyclic amines) is 1. The lowest BCUT2D eigenvalue weighted by molar-refractivity contribution is -0.143. The van der Waals surface area contributed by atoms with Crippen molar-refractivity contribution in [3.05, 3.63) is 24.2 Å². The van der Waals surface area contributed by atoms with Gasteiger partial charge in [0.2, 0.25) is 0 Å². The number of amides is 1. The van der Waals surface area contributed by atoms with Crippen LogP contribution in [0.5, 0.6) is 0 Å². The SMILES string of the molecule is CC1CCC(C(=O)O)CN1C(=O)c1ccoc1. The van der Waals surface area contributed by atoms with Gasteiger partial charge in [0.25, 0.3) is 5.91 Å². The number of hydrogen-bond acceptors (Lipinski definition) is 3. The van der Waals surface area contributed by atoms with Crippen LogP contribution in [0.15, 0.2) is 23.0 Å². The highest BCUT2D eigenvalue weighted by Gasteiger charge is 2.33. The summed E-state index contributed by atoms with van der Waals surface area (Å²) in [6, 6.07) is 1.67. The molecule has 1 saturated heterocycles. The molecular formula is C12H15NO4. The topological polar surface area (TPSA) is 70.8 Å². The van der Waals surface area contributed by atoms with E-state index in [1.807, 2.05) is 6.92 Å². The maximum absolute atomic E-state index is 12.1. The number of nitrogens with zero attached hydrogens (tertiary/aromatic N) is 1. The standard InChI is InChI=1S/C12H15NO4/c1-8-2-3-9(12(15)16)6-13(8)11(14)10-4-5-17-7-10/h4-5,7-9H,2-3,6H2,1H3,(H,15,16). The first-order valence-corrected chi connectivity index (χ1v) is 5.65. The molecule has 0 aromatic carbocycles. The monoisotopic (exact) mass is 237 g/mol. The zero-order valence-corrected chi connectivity index (χ0v) is 9.63. The highest BCUT2D eigenvalue weighted by Crippen LogP contribution is 2.23. The Morgan fingerprint density at radius 1 is 1.47 bits per heavy atom. The van der Waals surface area contributed by atoms with Crippen molar-refractivity contribution < 1.29 is 19.1 Å². The Hall–Kier alpha value is -1.78. The molecular weight excluding hydrogens is 222 g/mol. The van der Waals surface area contributed by atoms with E-state index in [1.165, 1.54) is 12.5 Å². The number of piperidine rings is 1. The highest BCUT2D eigenvalue weighted by molar-refractivity contribution is 5.94. The van der Waals surface area contributed by atoms with Gasteiger partial charge in [-0.25, -0.2) is 0 Å². The Kier molecular flexibility index (Phi) is 3.17. The number of carbonyl (C=O) groups is 2. The van der Waals surface area contributed by atoms with E-state index in [0.717, 1.165) is 6.42 Å². The molecule has 1 aliphatic heterocycles. The number of furan rings is 1. The minimum Gasteiger partial charge on any atom is -0.481 e. The van der Waals surface area contributed by atoms with Gasteiger partial charge in [-0.15, -0.1) is 0 Å². The molecule has 0 bridgehead atoms. The molecule has 17 heavy (non-hydrogen) atoms. The van der Waals surface area contributed by atoms with Crippen LogP contribution in [-0.2, 0) is 4.79 Å². The lowest BCUT2D eigenvalue weighted by Crippen LogP contribution is -2.47. The molecule has 92 valence electrons. The number of carbonyl (C=O) groups excluding carboxylic acids is 1. The number of aliphatic carboxylic acids is 1. The van der Waals surface area contributed by atoms with Gasteiger partial charge < -0.3 is 14.4 Å². The van der Waals surface area contributed by atoms with Gasteiger partial charge in [0.1, 0.15) is 6.26 Å². The molecule has 1 aromatic heterocycles. The number of carboxylic acids is 1. The van der Waals surface area contributed by atoms with Gasteiger partial charge in [0.15, 0.2) is 0 Å². The quantitative estimate of drug-likeness (QED) is 0.848. The van der Waals surface area contributed by atoms with Crippen molar-refractivity contribution in [1.29, 1.82) is 0 Å². The smallest absolute Gasteiger partial charge is 0.308 e. The van der Waals surface area contributed by atoms with Gasteiger partial charge in [0.05, 0.1) is 17.7 Å². The van der Waals surface area contributed by atoms with Crippen LogP contribution < -0.4 is 0 Å². The van der Waals surface area contributed by atoms with E-state index in [4.69, 9.17) is 9.52 Å². The second-order valence-electron chi connectivity index (χ2n) is 4.43. The van der Waals surface area contributed by atoms with Crippen molar-refractivity contribution in [2.45, 2.75) is 25.8 Å². The zero-order chi connectivity index (χ0) is 12.4. The van der Waals surface area contributed by atoms with Crippen molar-refractivity contribution in [1.82, 2.24) is 4.90 Å². The Balaban J connectivity index is 2.13. The van der Waals surface area contributed by atoms with Gasteiger partial charge in [-0.2, -0.15) is 0 Å². The van der Waals surface area contributed by atoms with E-state index in [2.05, 4.69) is 0 Å². The number of carboxylic acid groups (broad SMARTS) is 1. The summed E-state index contributed by atoms with van der Waals surface area (Å²) in [5.41, 5.74) is 0.475. The van der Waals surface area contributed by atoms with Crippen molar-refractivity contribution >= 4 is 11.9 Å². The van der Waals surface area contributed by atoms with E-state index in [9.17, 15) is 9.59 Å². The third-order valence-electron chi connectivity index (χ3n) is 3.26. The second-order valence-corrected chi connectivity index (χ2v) is 4.43.